The zero-order valence-electron chi connectivity index (χ0n) is 21.0. The molecule has 0 bridgehead atoms. The van der Waals surface area contributed by atoms with E-state index in [0.717, 1.165) is 11.1 Å². The Bertz CT molecular complexity index is 1190. The zero-order chi connectivity index (χ0) is 26.1. The lowest BCUT2D eigenvalue weighted by Crippen LogP contribution is -2.28. The lowest BCUT2D eigenvalue weighted by atomic mass is 10.1. The Morgan fingerprint density at radius 1 is 0.917 bits per heavy atom. The average molecular weight is 509 g/mol. The van der Waals surface area contributed by atoms with Crippen LogP contribution >= 0.6 is 11.8 Å². The molecule has 3 N–H and O–H groups in total. The highest BCUT2D eigenvalue weighted by molar-refractivity contribution is 7.99. The molecule has 0 aliphatic carbocycles. The number of carboxylic acid groups (broad SMARTS) is 1. The van der Waals surface area contributed by atoms with E-state index in [2.05, 4.69) is 31.4 Å². The molecule has 3 aromatic rings. The number of hydrogen-bond acceptors (Lipinski definition) is 5. The zero-order valence-corrected chi connectivity index (χ0v) is 21.8. The third kappa shape index (κ3) is 8.53. The van der Waals surface area contributed by atoms with E-state index in [-0.39, 0.29) is 17.2 Å². The SMILES string of the molecule is COc1ccc(CC(=O)O)cc1Oc1ccc(NC(=O)NCc2ccccc2)cc1CSC(C)(C)C. The van der Waals surface area contributed by atoms with E-state index in [4.69, 9.17) is 14.6 Å². The van der Waals surface area contributed by atoms with Crippen LogP contribution in [0.4, 0.5) is 10.5 Å². The number of carbonyl (C=O) groups excluding carboxylic acids is 1. The molecule has 0 atom stereocenters. The van der Waals surface area contributed by atoms with Gasteiger partial charge in [0.25, 0.3) is 0 Å². The van der Waals surface area contributed by atoms with Crippen molar-refractivity contribution in [3.63, 3.8) is 0 Å². The molecular formula is C28H32N2O5S. The standard InChI is InChI=1S/C28H32N2O5S/c1-28(2,3)36-18-21-16-22(30-27(33)29-17-19-8-6-5-7-9-19)11-13-23(21)35-25-14-20(15-26(31)32)10-12-24(25)34-4/h5-14,16H,15,17-18H2,1-4H3,(H,31,32)(H2,29,30,33). The minimum Gasteiger partial charge on any atom is -0.493 e. The van der Waals surface area contributed by atoms with Gasteiger partial charge < -0.3 is 25.2 Å². The average Bonchev–Trinajstić information content (AvgIpc) is 2.83. The van der Waals surface area contributed by atoms with Crippen LogP contribution in [0.3, 0.4) is 0 Å². The molecule has 0 unspecified atom stereocenters. The van der Waals surface area contributed by atoms with Gasteiger partial charge in [-0.15, -0.1) is 0 Å². The van der Waals surface area contributed by atoms with Gasteiger partial charge in [0.15, 0.2) is 11.5 Å². The molecule has 0 aliphatic heterocycles. The normalized spacial score (nSPS) is 11.0. The number of hydrogen-bond donors (Lipinski definition) is 3. The highest BCUT2D eigenvalue weighted by Gasteiger charge is 2.16. The van der Waals surface area contributed by atoms with Gasteiger partial charge in [-0.3, -0.25) is 4.79 Å². The molecular weight excluding hydrogens is 476 g/mol. The van der Waals surface area contributed by atoms with Crippen molar-refractivity contribution >= 4 is 29.4 Å². The molecule has 0 radical (unpaired) electrons. The summed E-state index contributed by atoms with van der Waals surface area (Å²) in [7, 11) is 1.54. The van der Waals surface area contributed by atoms with Crippen molar-refractivity contribution in [2.45, 2.75) is 44.2 Å². The number of carboxylic acids is 1. The summed E-state index contributed by atoms with van der Waals surface area (Å²) in [5.74, 6) is 1.26. The Labute approximate surface area is 216 Å². The number of ether oxygens (including phenoxy) is 2. The molecule has 7 nitrogen and oxygen atoms in total. The maximum atomic E-state index is 12.5. The fourth-order valence-corrected chi connectivity index (χ4v) is 4.14. The van der Waals surface area contributed by atoms with Crippen LogP contribution < -0.4 is 20.1 Å². The molecule has 0 heterocycles. The first-order valence-corrected chi connectivity index (χ1v) is 12.5. The van der Waals surface area contributed by atoms with Gasteiger partial charge in [-0.1, -0.05) is 57.2 Å². The van der Waals surface area contributed by atoms with E-state index in [0.29, 0.717) is 40.8 Å². The summed E-state index contributed by atoms with van der Waals surface area (Å²) < 4.78 is 11.7. The van der Waals surface area contributed by atoms with Crippen molar-refractivity contribution in [1.82, 2.24) is 5.32 Å². The second-order valence-corrected chi connectivity index (χ2v) is 11.0. The van der Waals surface area contributed by atoms with Crippen molar-refractivity contribution in [2.75, 3.05) is 12.4 Å². The van der Waals surface area contributed by atoms with Crippen LogP contribution in [0.1, 0.15) is 37.5 Å². The highest BCUT2D eigenvalue weighted by Crippen LogP contribution is 2.38. The van der Waals surface area contributed by atoms with Gasteiger partial charge in [0, 0.05) is 28.3 Å². The van der Waals surface area contributed by atoms with Gasteiger partial charge in [0.05, 0.1) is 13.5 Å². The van der Waals surface area contributed by atoms with Crippen LogP contribution in [-0.2, 0) is 23.5 Å². The maximum Gasteiger partial charge on any atom is 0.319 e. The molecule has 3 rings (SSSR count). The quantitative estimate of drug-likeness (QED) is 0.290. The van der Waals surface area contributed by atoms with Gasteiger partial charge >= 0.3 is 12.0 Å². The smallest absolute Gasteiger partial charge is 0.319 e. The minimum atomic E-state index is -0.922. The number of thioether (sulfide) groups is 1. The molecule has 190 valence electrons. The lowest BCUT2D eigenvalue weighted by Gasteiger charge is -2.20. The summed E-state index contributed by atoms with van der Waals surface area (Å²) in [6.07, 6.45) is -0.117. The van der Waals surface area contributed by atoms with E-state index in [1.54, 1.807) is 42.1 Å². The Kier molecular flexibility index (Phi) is 9.25. The van der Waals surface area contributed by atoms with Gasteiger partial charge in [-0.25, -0.2) is 4.79 Å². The number of aliphatic carboxylic acids is 1. The number of amides is 2. The summed E-state index contributed by atoms with van der Waals surface area (Å²) >= 11 is 1.75. The topological polar surface area (TPSA) is 96.9 Å². The third-order valence-corrected chi connectivity index (χ3v) is 6.40. The molecule has 0 spiro atoms. The van der Waals surface area contributed by atoms with Crippen molar-refractivity contribution in [3.8, 4) is 17.2 Å². The van der Waals surface area contributed by atoms with Gasteiger partial charge in [-0.05, 0) is 41.5 Å². The molecule has 0 aromatic heterocycles. The van der Waals surface area contributed by atoms with E-state index in [1.807, 2.05) is 36.4 Å². The Hall–Kier alpha value is -3.65. The van der Waals surface area contributed by atoms with Gasteiger partial charge in [0.2, 0.25) is 0 Å². The van der Waals surface area contributed by atoms with E-state index < -0.39 is 5.97 Å². The third-order valence-electron chi connectivity index (χ3n) is 5.08. The van der Waals surface area contributed by atoms with Crippen molar-refractivity contribution in [2.24, 2.45) is 0 Å². The molecule has 36 heavy (non-hydrogen) atoms. The Morgan fingerprint density at radius 3 is 2.31 bits per heavy atom. The molecule has 3 aromatic carbocycles. The Balaban J connectivity index is 1.81. The second kappa shape index (κ2) is 12.4. The fraction of sp³-hybridized carbons (Fsp3) is 0.286. The van der Waals surface area contributed by atoms with Crippen molar-refractivity contribution in [3.05, 3.63) is 83.4 Å². The van der Waals surface area contributed by atoms with E-state index in [9.17, 15) is 9.59 Å². The predicted octanol–water partition coefficient (Wildman–Crippen LogP) is 6.47. The first kappa shape index (κ1) is 26.9. The number of benzene rings is 3. The van der Waals surface area contributed by atoms with E-state index >= 15 is 0 Å². The molecule has 0 saturated heterocycles. The highest BCUT2D eigenvalue weighted by atomic mass is 32.2. The number of rotatable bonds is 10. The molecule has 0 aliphatic rings. The summed E-state index contributed by atoms with van der Waals surface area (Å²) in [6.45, 7) is 6.83. The molecule has 8 heteroatoms. The Morgan fingerprint density at radius 2 is 1.64 bits per heavy atom. The van der Waals surface area contributed by atoms with Gasteiger partial charge in [-0.2, -0.15) is 11.8 Å². The largest absolute Gasteiger partial charge is 0.493 e. The van der Waals surface area contributed by atoms with Crippen LogP contribution in [0.15, 0.2) is 66.7 Å². The second-order valence-electron chi connectivity index (χ2n) is 9.17. The van der Waals surface area contributed by atoms with Crippen LogP contribution in [0, 0.1) is 0 Å². The summed E-state index contributed by atoms with van der Waals surface area (Å²) in [5, 5.41) is 14.9. The number of carbonyl (C=O) groups is 2. The summed E-state index contributed by atoms with van der Waals surface area (Å²) in [5.41, 5.74) is 3.15. The number of nitrogens with one attached hydrogen (secondary N) is 2. The van der Waals surface area contributed by atoms with Crippen molar-refractivity contribution < 1.29 is 24.2 Å². The predicted molar refractivity (Wildman–Crippen MR) is 144 cm³/mol. The maximum absolute atomic E-state index is 12.5. The summed E-state index contributed by atoms with van der Waals surface area (Å²) in [6, 6.07) is 19.9. The molecule has 2 amide bonds. The van der Waals surface area contributed by atoms with Crippen LogP contribution in [0.5, 0.6) is 17.2 Å². The number of urea groups is 1. The summed E-state index contributed by atoms with van der Waals surface area (Å²) in [4.78, 5) is 23.6. The fourth-order valence-electron chi connectivity index (χ4n) is 3.32. The van der Waals surface area contributed by atoms with Crippen LogP contribution in [0.2, 0.25) is 0 Å². The monoisotopic (exact) mass is 508 g/mol. The number of anilines is 1. The van der Waals surface area contributed by atoms with Crippen LogP contribution in [0.25, 0.3) is 0 Å². The van der Waals surface area contributed by atoms with Crippen LogP contribution in [-0.4, -0.2) is 29.0 Å². The van der Waals surface area contributed by atoms with Crippen molar-refractivity contribution in [1.29, 1.82) is 0 Å². The lowest BCUT2D eigenvalue weighted by molar-refractivity contribution is -0.136. The minimum absolute atomic E-state index is 0.0207. The van der Waals surface area contributed by atoms with E-state index in [1.165, 1.54) is 7.11 Å². The van der Waals surface area contributed by atoms with Gasteiger partial charge in [0.1, 0.15) is 5.75 Å². The first-order chi connectivity index (χ1) is 17.1. The molecule has 0 fully saturated rings. The first-order valence-electron chi connectivity index (χ1n) is 11.5. The number of methoxy groups -OCH3 is 1. The molecule has 0 saturated carbocycles.